The molecule has 0 radical (unpaired) electrons. The van der Waals surface area contributed by atoms with E-state index in [0.29, 0.717) is 30.3 Å². The normalized spacial score (nSPS) is 11.7. The Morgan fingerprint density at radius 3 is 2.48 bits per heavy atom. The number of carbonyl (C=O) groups is 1. The molecule has 2 rings (SSSR count). The molecule has 0 bridgehead atoms. The van der Waals surface area contributed by atoms with Gasteiger partial charge in [0.1, 0.15) is 12.4 Å². The molecule has 1 amide bonds. The van der Waals surface area contributed by atoms with Crippen molar-refractivity contribution in [3.8, 4) is 11.8 Å². The molecule has 0 aliphatic rings. The lowest BCUT2D eigenvalue weighted by Crippen LogP contribution is -2.39. The van der Waals surface area contributed by atoms with Gasteiger partial charge in [-0.3, -0.25) is 9.69 Å². The van der Waals surface area contributed by atoms with Gasteiger partial charge in [0.05, 0.1) is 24.7 Å². The van der Waals surface area contributed by atoms with Crippen molar-refractivity contribution < 1.29 is 9.53 Å². The number of amides is 1. The Morgan fingerprint density at radius 2 is 1.89 bits per heavy atom. The van der Waals surface area contributed by atoms with Gasteiger partial charge in [0.2, 0.25) is 5.91 Å². The summed E-state index contributed by atoms with van der Waals surface area (Å²) in [5.41, 5.74) is 1.71. The maximum absolute atomic E-state index is 12.2. The third-order valence-electron chi connectivity index (χ3n) is 4.33. The highest BCUT2D eigenvalue weighted by molar-refractivity contribution is 6.30. The molecule has 0 saturated carbocycles. The zero-order valence-electron chi connectivity index (χ0n) is 15.6. The molecule has 5 nitrogen and oxygen atoms in total. The van der Waals surface area contributed by atoms with Crippen LogP contribution in [0.15, 0.2) is 48.5 Å². The Bertz CT molecular complexity index is 770. The number of nitriles is 1. The van der Waals surface area contributed by atoms with Crippen LogP contribution in [0, 0.1) is 11.3 Å². The predicted molar refractivity (Wildman–Crippen MR) is 107 cm³/mol. The zero-order chi connectivity index (χ0) is 19.6. The van der Waals surface area contributed by atoms with Crippen LogP contribution >= 0.6 is 11.6 Å². The van der Waals surface area contributed by atoms with Crippen molar-refractivity contribution in [2.75, 3.05) is 26.2 Å². The number of nitrogens with zero attached hydrogens (tertiary/aromatic N) is 2. The van der Waals surface area contributed by atoms with Gasteiger partial charge in [0, 0.05) is 11.1 Å². The maximum Gasteiger partial charge on any atom is 0.234 e. The molecule has 1 atom stereocenters. The number of benzene rings is 2. The first-order valence-corrected chi connectivity index (χ1v) is 9.30. The molecule has 0 aromatic heterocycles. The molecule has 0 spiro atoms. The van der Waals surface area contributed by atoms with E-state index in [2.05, 4.69) is 23.2 Å². The molecule has 6 heteroatoms. The number of carbonyl (C=O) groups excluding carboxylic acids is 1. The van der Waals surface area contributed by atoms with Crippen molar-refractivity contribution in [1.82, 2.24) is 10.2 Å². The van der Waals surface area contributed by atoms with E-state index in [-0.39, 0.29) is 11.9 Å². The minimum atomic E-state index is -0.0444. The quantitative estimate of drug-likeness (QED) is 0.667. The molecule has 142 valence electrons. The van der Waals surface area contributed by atoms with Crippen LogP contribution in [0.4, 0.5) is 0 Å². The number of halogens is 1. The van der Waals surface area contributed by atoms with E-state index in [1.165, 1.54) is 0 Å². The second-order valence-electron chi connectivity index (χ2n) is 6.13. The molecule has 1 unspecified atom stereocenters. The molecule has 0 heterocycles. The molecule has 0 saturated heterocycles. The summed E-state index contributed by atoms with van der Waals surface area (Å²) in [6.07, 6.45) is 0. The summed E-state index contributed by atoms with van der Waals surface area (Å²) in [5, 5.41) is 12.4. The lowest BCUT2D eigenvalue weighted by atomic mass is 10.1. The molecule has 0 aliphatic heterocycles. The van der Waals surface area contributed by atoms with Gasteiger partial charge in [-0.2, -0.15) is 5.26 Å². The van der Waals surface area contributed by atoms with Crippen LogP contribution in [0.2, 0.25) is 5.02 Å². The second kappa shape index (κ2) is 10.6. The number of rotatable bonds is 9. The Labute approximate surface area is 165 Å². The van der Waals surface area contributed by atoms with E-state index in [1.54, 1.807) is 36.4 Å². The lowest BCUT2D eigenvalue weighted by molar-refractivity contribution is -0.122. The van der Waals surface area contributed by atoms with Crippen molar-refractivity contribution in [2.24, 2.45) is 0 Å². The van der Waals surface area contributed by atoms with Crippen LogP contribution in [0.3, 0.4) is 0 Å². The SMILES string of the molecule is CCN(CC(=O)NCCOc1ccc(Cl)cc1)C(C)c1ccc(C#N)cc1. The third-order valence-corrected chi connectivity index (χ3v) is 4.58. The Balaban J connectivity index is 1.77. The summed E-state index contributed by atoms with van der Waals surface area (Å²) >= 11 is 5.83. The zero-order valence-corrected chi connectivity index (χ0v) is 16.4. The molecule has 1 N–H and O–H groups in total. The van der Waals surface area contributed by atoms with E-state index in [9.17, 15) is 4.79 Å². The van der Waals surface area contributed by atoms with Crippen molar-refractivity contribution >= 4 is 17.5 Å². The van der Waals surface area contributed by atoms with E-state index in [0.717, 1.165) is 17.9 Å². The minimum Gasteiger partial charge on any atom is -0.492 e. The summed E-state index contributed by atoms with van der Waals surface area (Å²) in [7, 11) is 0. The third kappa shape index (κ3) is 6.59. The number of hydrogen-bond donors (Lipinski definition) is 1. The number of nitrogens with one attached hydrogen (secondary N) is 1. The Morgan fingerprint density at radius 1 is 1.22 bits per heavy atom. The van der Waals surface area contributed by atoms with Gasteiger partial charge in [-0.25, -0.2) is 0 Å². The number of likely N-dealkylation sites (N-methyl/N-ethyl adjacent to an activating group) is 1. The highest BCUT2D eigenvalue weighted by Crippen LogP contribution is 2.20. The number of ether oxygens (including phenoxy) is 1. The molecular weight excluding hydrogens is 362 g/mol. The summed E-state index contributed by atoms with van der Waals surface area (Å²) < 4.78 is 5.57. The van der Waals surface area contributed by atoms with E-state index < -0.39 is 0 Å². The van der Waals surface area contributed by atoms with E-state index in [1.807, 2.05) is 19.1 Å². The summed E-state index contributed by atoms with van der Waals surface area (Å²) in [5.74, 6) is 0.676. The first-order chi connectivity index (χ1) is 13.0. The fourth-order valence-corrected chi connectivity index (χ4v) is 2.83. The van der Waals surface area contributed by atoms with Crippen LogP contribution in [-0.4, -0.2) is 37.0 Å². The maximum atomic E-state index is 12.2. The summed E-state index contributed by atoms with van der Waals surface area (Å²) in [6, 6.07) is 16.8. The molecule has 2 aromatic rings. The second-order valence-corrected chi connectivity index (χ2v) is 6.56. The summed E-state index contributed by atoms with van der Waals surface area (Å²) in [4.78, 5) is 14.3. The molecule has 27 heavy (non-hydrogen) atoms. The predicted octanol–water partition coefficient (Wildman–Crippen LogP) is 3.79. The van der Waals surface area contributed by atoms with Crippen LogP contribution in [0.5, 0.6) is 5.75 Å². The standard InChI is InChI=1S/C21H24ClN3O2/c1-3-25(16(2)18-6-4-17(14-23)5-7-18)15-21(26)24-12-13-27-20-10-8-19(22)9-11-20/h4-11,16H,3,12-13,15H2,1-2H3,(H,24,26). The number of hydrogen-bond acceptors (Lipinski definition) is 4. The molecule has 2 aromatic carbocycles. The minimum absolute atomic E-state index is 0.0444. The Hall–Kier alpha value is -2.55. The largest absolute Gasteiger partial charge is 0.492 e. The van der Waals surface area contributed by atoms with Gasteiger partial charge in [0.25, 0.3) is 0 Å². The van der Waals surface area contributed by atoms with Crippen LogP contribution in [0.25, 0.3) is 0 Å². The van der Waals surface area contributed by atoms with Gasteiger partial charge in [0.15, 0.2) is 0 Å². The molecule has 0 aliphatic carbocycles. The first kappa shape index (κ1) is 20.8. The van der Waals surface area contributed by atoms with Crippen molar-refractivity contribution in [2.45, 2.75) is 19.9 Å². The van der Waals surface area contributed by atoms with Gasteiger partial charge in [-0.1, -0.05) is 30.7 Å². The fourth-order valence-electron chi connectivity index (χ4n) is 2.70. The van der Waals surface area contributed by atoms with Crippen molar-refractivity contribution in [1.29, 1.82) is 5.26 Å². The van der Waals surface area contributed by atoms with Crippen LogP contribution in [-0.2, 0) is 4.79 Å². The highest BCUT2D eigenvalue weighted by atomic mass is 35.5. The van der Waals surface area contributed by atoms with Gasteiger partial charge in [-0.05, 0) is 55.4 Å². The monoisotopic (exact) mass is 385 g/mol. The van der Waals surface area contributed by atoms with Gasteiger partial charge in [-0.15, -0.1) is 0 Å². The van der Waals surface area contributed by atoms with Crippen molar-refractivity contribution in [3.63, 3.8) is 0 Å². The van der Waals surface area contributed by atoms with Gasteiger partial charge < -0.3 is 10.1 Å². The van der Waals surface area contributed by atoms with Crippen molar-refractivity contribution in [3.05, 3.63) is 64.7 Å². The van der Waals surface area contributed by atoms with E-state index in [4.69, 9.17) is 21.6 Å². The average molecular weight is 386 g/mol. The van der Waals surface area contributed by atoms with Gasteiger partial charge >= 0.3 is 0 Å². The van der Waals surface area contributed by atoms with Crippen LogP contribution in [0.1, 0.15) is 31.0 Å². The first-order valence-electron chi connectivity index (χ1n) is 8.92. The molecule has 0 fully saturated rings. The lowest BCUT2D eigenvalue weighted by Gasteiger charge is -2.27. The Kier molecular flexibility index (Phi) is 8.12. The topological polar surface area (TPSA) is 65.4 Å². The van der Waals surface area contributed by atoms with Crippen LogP contribution < -0.4 is 10.1 Å². The van der Waals surface area contributed by atoms with E-state index >= 15 is 0 Å². The highest BCUT2D eigenvalue weighted by Gasteiger charge is 2.17. The summed E-state index contributed by atoms with van der Waals surface area (Å²) in [6.45, 7) is 5.96. The fraction of sp³-hybridized carbons (Fsp3) is 0.333. The smallest absolute Gasteiger partial charge is 0.234 e. The average Bonchev–Trinajstić information content (AvgIpc) is 2.70. The molecular formula is C21H24ClN3O2.